The third-order valence-electron chi connectivity index (χ3n) is 0.307. The van der Waals surface area contributed by atoms with E-state index in [0.717, 1.165) is 12.5 Å². The Labute approximate surface area is 45.3 Å². The largest absolute Gasteiger partial charge is 0.378 e. The van der Waals surface area contributed by atoms with E-state index in [1.807, 2.05) is 0 Å². The molecule has 0 saturated carbocycles. The summed E-state index contributed by atoms with van der Waals surface area (Å²) in [5, 5.41) is 23.4. The molecule has 0 heterocycles. The highest BCUT2D eigenvalue weighted by atomic mass is 16.8. The number of hydrogen-bond acceptors (Lipinski definition) is 5. The van der Waals surface area contributed by atoms with E-state index in [1.165, 1.54) is 0 Å². The molecule has 0 atom stereocenters. The van der Waals surface area contributed by atoms with Gasteiger partial charge in [-0.25, -0.2) is 0 Å². The third-order valence-corrected chi connectivity index (χ3v) is 0.307. The number of nitriles is 2. The minimum absolute atomic E-state index is 1.13. The van der Waals surface area contributed by atoms with Gasteiger partial charge in [-0.3, -0.25) is 0 Å². The van der Waals surface area contributed by atoms with Crippen LogP contribution in [-0.2, 0) is 9.47 Å². The molecule has 5 heteroatoms. The first kappa shape index (κ1) is 6.54. The molecule has 0 rings (SSSR count). The number of ether oxygens (including phenoxy) is 2. The van der Waals surface area contributed by atoms with E-state index in [0.29, 0.717) is 0 Å². The molecule has 0 aliphatic heterocycles. The molecule has 0 aromatic rings. The summed E-state index contributed by atoms with van der Waals surface area (Å²) >= 11 is 0. The lowest BCUT2D eigenvalue weighted by Gasteiger charge is -1.98. The van der Waals surface area contributed by atoms with Gasteiger partial charge >= 0.3 is 6.48 Å². The molecule has 0 fully saturated rings. The number of nitrogens with zero attached hydrogens (tertiary/aromatic N) is 2. The molecule has 0 spiro atoms. The Hall–Kier alpha value is -1.46. The summed E-state index contributed by atoms with van der Waals surface area (Å²) in [6.07, 6.45) is 2.25. The first-order valence-electron chi connectivity index (χ1n) is 1.59. The summed E-state index contributed by atoms with van der Waals surface area (Å²) in [5.74, 6) is 0. The zero-order valence-electron chi connectivity index (χ0n) is 3.74. The lowest BCUT2D eigenvalue weighted by molar-refractivity contribution is -0.196. The molecule has 0 radical (unpaired) electrons. The van der Waals surface area contributed by atoms with Crippen LogP contribution in [0, 0.1) is 23.0 Å². The molecule has 0 unspecified atom stereocenters. The van der Waals surface area contributed by atoms with Crippen molar-refractivity contribution in [1.82, 2.24) is 0 Å². The molecule has 1 N–H and O–H groups in total. The van der Waals surface area contributed by atoms with Crippen LogP contribution in [0.25, 0.3) is 0 Å². The second kappa shape index (κ2) is 3.72. The third kappa shape index (κ3) is 2.76. The number of rotatable bonds is 2. The van der Waals surface area contributed by atoms with E-state index in [2.05, 4.69) is 9.47 Å². The Morgan fingerprint density at radius 2 is 1.62 bits per heavy atom. The maximum Gasteiger partial charge on any atom is 0.378 e. The quantitative estimate of drug-likeness (QED) is 0.377. The van der Waals surface area contributed by atoms with Crippen molar-refractivity contribution >= 4 is 0 Å². The van der Waals surface area contributed by atoms with E-state index in [4.69, 9.17) is 15.6 Å². The van der Waals surface area contributed by atoms with Gasteiger partial charge < -0.3 is 14.6 Å². The van der Waals surface area contributed by atoms with Gasteiger partial charge in [-0.15, -0.1) is 0 Å². The summed E-state index contributed by atoms with van der Waals surface area (Å²) in [7, 11) is 0. The van der Waals surface area contributed by atoms with Crippen molar-refractivity contribution in [1.29, 1.82) is 10.5 Å². The summed E-state index contributed by atoms with van der Waals surface area (Å²) < 4.78 is 7.40. The highest BCUT2D eigenvalue weighted by molar-refractivity contribution is 4.50. The molecule has 0 bridgehead atoms. The van der Waals surface area contributed by atoms with E-state index in [9.17, 15) is 0 Å². The van der Waals surface area contributed by atoms with Gasteiger partial charge in [-0.2, -0.15) is 10.5 Å². The topological polar surface area (TPSA) is 86.3 Å². The van der Waals surface area contributed by atoms with Crippen molar-refractivity contribution < 1.29 is 14.6 Å². The SMILES string of the molecule is N#COC(O)OC#N. The first-order valence-corrected chi connectivity index (χ1v) is 1.59. The van der Waals surface area contributed by atoms with Gasteiger partial charge in [0.2, 0.25) is 0 Å². The van der Waals surface area contributed by atoms with Gasteiger partial charge in [-0.1, -0.05) is 0 Å². The molecule has 8 heavy (non-hydrogen) atoms. The monoisotopic (exact) mass is 114 g/mol. The van der Waals surface area contributed by atoms with Crippen molar-refractivity contribution in [3.63, 3.8) is 0 Å². The van der Waals surface area contributed by atoms with Gasteiger partial charge in [-0.05, 0) is 0 Å². The summed E-state index contributed by atoms with van der Waals surface area (Å²) in [5.41, 5.74) is 0. The molecule has 0 aromatic heterocycles. The Balaban J connectivity index is 3.25. The van der Waals surface area contributed by atoms with Crippen LogP contribution in [0.4, 0.5) is 0 Å². The van der Waals surface area contributed by atoms with Crippen LogP contribution in [0.1, 0.15) is 0 Å². The smallest absolute Gasteiger partial charge is 0.358 e. The van der Waals surface area contributed by atoms with Crippen LogP contribution in [0.15, 0.2) is 0 Å². The lowest BCUT2D eigenvalue weighted by Crippen LogP contribution is -2.09. The fourth-order valence-corrected chi connectivity index (χ4v) is 0.114. The van der Waals surface area contributed by atoms with Gasteiger partial charge in [0.05, 0.1) is 0 Å². The standard InChI is InChI=1S/C3H2N2O3/c4-1-7-3(6)8-2-5/h3,6H. The molecular formula is C3H2N2O3. The predicted molar refractivity (Wildman–Crippen MR) is 19.4 cm³/mol. The van der Waals surface area contributed by atoms with E-state index < -0.39 is 6.48 Å². The normalized spacial score (nSPS) is 7.00. The molecule has 0 saturated heterocycles. The van der Waals surface area contributed by atoms with E-state index >= 15 is 0 Å². The van der Waals surface area contributed by atoms with Crippen molar-refractivity contribution in [2.24, 2.45) is 0 Å². The average Bonchev–Trinajstić information content (AvgIpc) is 1.68. The maximum atomic E-state index is 8.16. The van der Waals surface area contributed by atoms with Crippen LogP contribution in [0.2, 0.25) is 0 Å². The zero-order chi connectivity index (χ0) is 6.41. The number of aliphatic hydroxyl groups is 1. The van der Waals surface area contributed by atoms with Crippen LogP contribution in [0.5, 0.6) is 0 Å². The van der Waals surface area contributed by atoms with Gasteiger partial charge in [0.15, 0.2) is 0 Å². The fraction of sp³-hybridized carbons (Fsp3) is 0.333. The Morgan fingerprint density at radius 3 is 1.88 bits per heavy atom. The number of hydrogen-bond donors (Lipinski definition) is 1. The predicted octanol–water partition coefficient (Wildman–Crippen LogP) is -0.742. The average molecular weight is 114 g/mol. The maximum absolute atomic E-state index is 8.16. The Morgan fingerprint density at radius 1 is 1.25 bits per heavy atom. The zero-order valence-corrected chi connectivity index (χ0v) is 3.74. The van der Waals surface area contributed by atoms with Crippen molar-refractivity contribution in [2.75, 3.05) is 0 Å². The molecule has 0 amide bonds. The van der Waals surface area contributed by atoms with Gasteiger partial charge in [0.1, 0.15) is 0 Å². The summed E-state index contributed by atoms with van der Waals surface area (Å²) in [6, 6.07) is 0. The summed E-state index contributed by atoms with van der Waals surface area (Å²) in [6.45, 7) is -1.76. The lowest BCUT2D eigenvalue weighted by atomic mass is 11.2. The van der Waals surface area contributed by atoms with E-state index in [1.54, 1.807) is 0 Å². The molecule has 0 aromatic carbocycles. The highest BCUT2D eigenvalue weighted by Crippen LogP contribution is 1.83. The second-order valence-electron chi connectivity index (χ2n) is 0.725. The van der Waals surface area contributed by atoms with Gasteiger partial charge in [0.25, 0.3) is 12.5 Å². The summed E-state index contributed by atoms with van der Waals surface area (Å²) in [4.78, 5) is 0. The van der Waals surface area contributed by atoms with Crippen LogP contribution >= 0.6 is 0 Å². The molecule has 42 valence electrons. The number of aliphatic hydroxyl groups excluding tert-OH is 1. The van der Waals surface area contributed by atoms with Crippen molar-refractivity contribution in [3.05, 3.63) is 0 Å². The van der Waals surface area contributed by atoms with Crippen LogP contribution in [-0.4, -0.2) is 11.6 Å². The Kier molecular flexibility index (Phi) is 3.04. The molecular weight excluding hydrogens is 112 g/mol. The molecule has 0 aliphatic rings. The van der Waals surface area contributed by atoms with Crippen molar-refractivity contribution in [3.8, 4) is 12.5 Å². The highest BCUT2D eigenvalue weighted by Gasteiger charge is 1.99. The van der Waals surface area contributed by atoms with Crippen LogP contribution in [0.3, 0.4) is 0 Å². The minimum atomic E-state index is -1.76. The Bertz CT molecular complexity index is 116. The second-order valence-corrected chi connectivity index (χ2v) is 0.725. The first-order chi connectivity index (χ1) is 3.81. The minimum Gasteiger partial charge on any atom is -0.358 e. The fourth-order valence-electron chi connectivity index (χ4n) is 0.114. The van der Waals surface area contributed by atoms with E-state index in [-0.39, 0.29) is 0 Å². The van der Waals surface area contributed by atoms with Crippen LogP contribution < -0.4 is 0 Å². The van der Waals surface area contributed by atoms with Gasteiger partial charge in [0, 0.05) is 0 Å². The van der Waals surface area contributed by atoms with Crippen molar-refractivity contribution in [2.45, 2.75) is 6.48 Å². The molecule has 0 aliphatic carbocycles. The molecule has 5 nitrogen and oxygen atoms in total.